The third-order valence-corrected chi connectivity index (χ3v) is 6.49. The van der Waals surface area contributed by atoms with Crippen LogP contribution in [0, 0.1) is 20.8 Å². The molecule has 4 rings (SSSR count). The number of imidazole rings is 1. The smallest absolute Gasteiger partial charge is 0.408 e. The van der Waals surface area contributed by atoms with E-state index in [4.69, 9.17) is 14.5 Å². The zero-order chi connectivity index (χ0) is 28.2. The van der Waals surface area contributed by atoms with Gasteiger partial charge in [-0.15, -0.1) is 0 Å². The minimum absolute atomic E-state index is 0.118. The number of carbonyl (C=O) groups excluding carboxylic acids is 2. The van der Waals surface area contributed by atoms with Crippen LogP contribution in [0.4, 0.5) is 4.79 Å². The molecular formula is C32H37N3O4. The summed E-state index contributed by atoms with van der Waals surface area (Å²) in [6, 6.07) is 21.1. The molecular weight excluding hydrogens is 490 g/mol. The molecule has 1 aromatic heterocycles. The van der Waals surface area contributed by atoms with Crippen molar-refractivity contribution in [3.8, 4) is 5.69 Å². The Bertz CT molecular complexity index is 1450. The van der Waals surface area contributed by atoms with Crippen LogP contribution < -0.4 is 5.32 Å². The fourth-order valence-corrected chi connectivity index (χ4v) is 4.33. The second-order valence-electron chi connectivity index (χ2n) is 11.0. The Labute approximate surface area is 230 Å². The van der Waals surface area contributed by atoms with Gasteiger partial charge in [-0.3, -0.25) is 4.57 Å². The highest BCUT2D eigenvalue weighted by atomic mass is 16.6. The van der Waals surface area contributed by atoms with Crippen LogP contribution in [0.5, 0.6) is 0 Å². The van der Waals surface area contributed by atoms with E-state index in [-0.39, 0.29) is 6.61 Å². The number of benzene rings is 3. The van der Waals surface area contributed by atoms with E-state index in [1.54, 1.807) is 20.8 Å². The van der Waals surface area contributed by atoms with Gasteiger partial charge in [-0.1, -0.05) is 48.0 Å². The fraction of sp³-hybridized carbons (Fsp3) is 0.344. The van der Waals surface area contributed by atoms with Gasteiger partial charge in [-0.2, -0.15) is 0 Å². The Morgan fingerprint density at radius 1 is 0.949 bits per heavy atom. The third kappa shape index (κ3) is 7.25. The number of carbonyl (C=O) groups is 2. The first kappa shape index (κ1) is 27.9. The maximum atomic E-state index is 13.2. The zero-order valence-corrected chi connectivity index (χ0v) is 23.6. The number of nitrogens with one attached hydrogen (secondary N) is 1. The molecule has 1 heterocycles. The summed E-state index contributed by atoms with van der Waals surface area (Å²) in [4.78, 5) is 30.8. The molecule has 204 valence electrons. The van der Waals surface area contributed by atoms with Crippen molar-refractivity contribution in [1.29, 1.82) is 0 Å². The number of aryl methyl sites for hydroxylation is 4. The molecule has 39 heavy (non-hydrogen) atoms. The van der Waals surface area contributed by atoms with Crippen molar-refractivity contribution in [2.75, 3.05) is 0 Å². The molecule has 1 atom stereocenters. The normalized spacial score (nSPS) is 12.3. The minimum atomic E-state index is -0.904. The third-order valence-electron chi connectivity index (χ3n) is 6.49. The molecule has 0 bridgehead atoms. The Balaban J connectivity index is 1.62. The van der Waals surface area contributed by atoms with Crippen molar-refractivity contribution in [3.63, 3.8) is 0 Å². The number of hydrogen-bond acceptors (Lipinski definition) is 5. The molecule has 0 radical (unpaired) electrons. The molecule has 0 aliphatic carbocycles. The van der Waals surface area contributed by atoms with E-state index in [0.717, 1.165) is 33.7 Å². The fourth-order valence-electron chi connectivity index (χ4n) is 4.33. The zero-order valence-electron chi connectivity index (χ0n) is 23.6. The number of nitrogens with zero attached hydrogens (tertiary/aromatic N) is 2. The quantitative estimate of drug-likeness (QED) is 0.264. The summed E-state index contributed by atoms with van der Waals surface area (Å²) in [5, 5.41) is 2.73. The highest BCUT2D eigenvalue weighted by Gasteiger charge is 2.27. The molecule has 0 aliphatic rings. The first-order valence-corrected chi connectivity index (χ1v) is 13.3. The van der Waals surface area contributed by atoms with Crippen LogP contribution in [0.1, 0.15) is 55.3 Å². The van der Waals surface area contributed by atoms with Gasteiger partial charge in [0.1, 0.15) is 24.1 Å². The second kappa shape index (κ2) is 11.7. The van der Waals surface area contributed by atoms with Crippen molar-refractivity contribution >= 4 is 23.1 Å². The Morgan fingerprint density at radius 2 is 1.62 bits per heavy atom. The molecule has 7 nitrogen and oxygen atoms in total. The lowest BCUT2D eigenvalue weighted by atomic mass is 10.1. The van der Waals surface area contributed by atoms with Crippen LogP contribution in [-0.2, 0) is 27.3 Å². The molecule has 1 N–H and O–H groups in total. The molecule has 1 unspecified atom stereocenters. The second-order valence-corrected chi connectivity index (χ2v) is 11.0. The van der Waals surface area contributed by atoms with Gasteiger partial charge in [-0.05, 0) is 88.9 Å². The first-order chi connectivity index (χ1) is 18.5. The number of esters is 1. The van der Waals surface area contributed by atoms with Gasteiger partial charge in [0.2, 0.25) is 0 Å². The van der Waals surface area contributed by atoms with E-state index in [9.17, 15) is 9.59 Å². The van der Waals surface area contributed by atoms with Gasteiger partial charge in [0.25, 0.3) is 0 Å². The number of hydrogen-bond donors (Lipinski definition) is 1. The number of rotatable bonds is 8. The lowest BCUT2D eigenvalue weighted by Crippen LogP contribution is -2.44. The van der Waals surface area contributed by atoms with E-state index in [0.29, 0.717) is 12.8 Å². The summed E-state index contributed by atoms with van der Waals surface area (Å²) in [6.07, 6.45) is 0.0594. The summed E-state index contributed by atoms with van der Waals surface area (Å²) in [5.74, 6) is 0.278. The molecule has 1 amide bonds. The molecule has 3 aromatic carbocycles. The van der Waals surface area contributed by atoms with Gasteiger partial charge >= 0.3 is 12.1 Å². The van der Waals surface area contributed by atoms with Crippen molar-refractivity contribution in [2.24, 2.45) is 0 Å². The van der Waals surface area contributed by atoms with Gasteiger partial charge in [-0.25, -0.2) is 14.6 Å². The number of fused-ring (bicyclic) bond motifs is 1. The highest BCUT2D eigenvalue weighted by molar-refractivity contribution is 5.82. The lowest BCUT2D eigenvalue weighted by molar-refractivity contribution is -0.147. The van der Waals surface area contributed by atoms with Gasteiger partial charge in [0, 0.05) is 12.1 Å². The molecule has 0 spiro atoms. The summed E-state index contributed by atoms with van der Waals surface area (Å²) in [6.45, 7) is 11.7. The Kier molecular flexibility index (Phi) is 8.38. The highest BCUT2D eigenvalue weighted by Crippen LogP contribution is 2.26. The maximum absolute atomic E-state index is 13.2. The summed E-state index contributed by atoms with van der Waals surface area (Å²) < 4.78 is 13.2. The first-order valence-electron chi connectivity index (χ1n) is 13.3. The summed E-state index contributed by atoms with van der Waals surface area (Å²) in [7, 11) is 0. The SMILES string of the molecule is Cc1ccc(-n2c(CCC(NC(=O)OC(C)(C)C)C(=O)OCc3ccccc3)nc3cc(C)c(C)cc32)cc1. The van der Waals surface area contributed by atoms with Gasteiger partial charge in [0.05, 0.1) is 11.0 Å². The maximum Gasteiger partial charge on any atom is 0.408 e. The molecule has 7 heteroatoms. The predicted molar refractivity (Wildman–Crippen MR) is 153 cm³/mol. The van der Waals surface area contributed by atoms with E-state index in [2.05, 4.69) is 67.1 Å². The average molecular weight is 528 g/mol. The van der Waals surface area contributed by atoms with Crippen LogP contribution in [0.2, 0.25) is 0 Å². The molecule has 0 aliphatic heterocycles. The Hall–Kier alpha value is -4.13. The van der Waals surface area contributed by atoms with E-state index in [1.807, 2.05) is 30.3 Å². The predicted octanol–water partition coefficient (Wildman–Crippen LogP) is 6.52. The van der Waals surface area contributed by atoms with Crippen molar-refractivity contribution in [3.05, 3.63) is 94.8 Å². The van der Waals surface area contributed by atoms with Crippen LogP contribution in [0.25, 0.3) is 16.7 Å². The molecule has 0 fully saturated rings. The number of ether oxygens (including phenoxy) is 2. The topological polar surface area (TPSA) is 82.5 Å². The van der Waals surface area contributed by atoms with Gasteiger partial charge < -0.3 is 14.8 Å². The van der Waals surface area contributed by atoms with Crippen LogP contribution >= 0.6 is 0 Å². The molecule has 0 saturated heterocycles. The van der Waals surface area contributed by atoms with E-state index < -0.39 is 23.7 Å². The molecule has 0 saturated carbocycles. The lowest BCUT2D eigenvalue weighted by Gasteiger charge is -2.23. The summed E-state index contributed by atoms with van der Waals surface area (Å²) in [5.41, 5.74) is 6.56. The van der Waals surface area contributed by atoms with Crippen molar-refractivity contribution in [2.45, 2.75) is 72.6 Å². The number of amides is 1. The van der Waals surface area contributed by atoms with Crippen molar-refractivity contribution < 1.29 is 19.1 Å². The van der Waals surface area contributed by atoms with Crippen LogP contribution in [-0.4, -0.2) is 33.3 Å². The van der Waals surface area contributed by atoms with Crippen LogP contribution in [0.15, 0.2) is 66.7 Å². The molecule has 4 aromatic rings. The monoisotopic (exact) mass is 527 g/mol. The number of aromatic nitrogens is 2. The average Bonchev–Trinajstić information content (AvgIpc) is 3.22. The Morgan fingerprint density at radius 3 is 2.28 bits per heavy atom. The number of alkyl carbamates (subject to hydrolysis) is 1. The largest absolute Gasteiger partial charge is 0.459 e. The van der Waals surface area contributed by atoms with E-state index in [1.165, 1.54) is 11.1 Å². The minimum Gasteiger partial charge on any atom is -0.459 e. The standard InChI is InChI=1S/C32H37N3O4/c1-21-12-14-25(15-13-21)35-28-19-23(3)22(2)18-27(28)33-29(35)17-16-26(34-31(37)39-32(4,5)6)30(36)38-20-24-10-8-7-9-11-24/h7-15,18-19,26H,16-17,20H2,1-6H3,(H,34,37). The van der Waals surface area contributed by atoms with Gasteiger partial charge in [0.15, 0.2) is 0 Å². The van der Waals surface area contributed by atoms with E-state index >= 15 is 0 Å². The van der Waals surface area contributed by atoms with Crippen LogP contribution in [0.3, 0.4) is 0 Å². The summed E-state index contributed by atoms with van der Waals surface area (Å²) >= 11 is 0. The van der Waals surface area contributed by atoms with Crippen molar-refractivity contribution in [1.82, 2.24) is 14.9 Å².